The molecule has 152 valence electrons. The van der Waals surface area contributed by atoms with Gasteiger partial charge in [0.05, 0.1) is 12.0 Å². The Morgan fingerprint density at radius 1 is 1.26 bits per heavy atom. The average molecular weight is 409 g/mol. The minimum absolute atomic E-state index is 0. The summed E-state index contributed by atoms with van der Waals surface area (Å²) in [5, 5.41) is 0. The molecule has 5 nitrogen and oxygen atoms in total. The van der Waals surface area contributed by atoms with Gasteiger partial charge in [0.25, 0.3) is 0 Å². The molecule has 1 aromatic carbocycles. The standard InChI is InChI=1S/C18H23F3N2O3.ClH/c1-11(2)15(22)16(24)23-9-13(18(19,20)21)8-14(23)17(25)26-10-12-6-4-3-5-7-12;/h3-7,11,13-15H,8-10,22H2,1-2H3;1H/t13-,14+,15+;/m1./s1. The van der Waals surface area contributed by atoms with Gasteiger partial charge in [-0.2, -0.15) is 13.2 Å². The monoisotopic (exact) mass is 408 g/mol. The number of alkyl halides is 3. The van der Waals surface area contributed by atoms with Gasteiger partial charge >= 0.3 is 12.1 Å². The molecule has 1 aliphatic heterocycles. The summed E-state index contributed by atoms with van der Waals surface area (Å²) in [5.74, 6) is -3.52. The number of esters is 1. The summed E-state index contributed by atoms with van der Waals surface area (Å²) in [6, 6.07) is 6.54. The Morgan fingerprint density at radius 3 is 2.37 bits per heavy atom. The molecule has 0 radical (unpaired) electrons. The van der Waals surface area contributed by atoms with E-state index in [1.165, 1.54) is 0 Å². The Kier molecular flexibility index (Phi) is 8.10. The Morgan fingerprint density at radius 2 is 1.85 bits per heavy atom. The van der Waals surface area contributed by atoms with Crippen molar-refractivity contribution in [3.63, 3.8) is 0 Å². The summed E-state index contributed by atoms with van der Waals surface area (Å²) in [7, 11) is 0. The summed E-state index contributed by atoms with van der Waals surface area (Å²) in [6.45, 7) is 2.75. The van der Waals surface area contributed by atoms with E-state index in [9.17, 15) is 22.8 Å². The number of likely N-dealkylation sites (tertiary alicyclic amines) is 1. The highest BCUT2D eigenvalue weighted by Gasteiger charge is 2.52. The van der Waals surface area contributed by atoms with Crippen LogP contribution in [-0.2, 0) is 20.9 Å². The predicted octanol–water partition coefficient (Wildman–Crippen LogP) is 2.91. The number of nitrogens with zero attached hydrogens (tertiary/aromatic N) is 1. The van der Waals surface area contributed by atoms with Crippen molar-refractivity contribution < 1.29 is 27.5 Å². The molecule has 0 saturated carbocycles. The Hall–Kier alpha value is -1.80. The SMILES string of the molecule is CC(C)[C@H](N)C(=O)N1C[C@H](C(F)(F)F)C[C@H]1C(=O)OCc1ccccc1.Cl. The van der Waals surface area contributed by atoms with Crippen LogP contribution in [0.4, 0.5) is 13.2 Å². The maximum absolute atomic E-state index is 13.1. The largest absolute Gasteiger partial charge is 0.459 e. The number of carbonyl (C=O) groups excluding carboxylic acids is 2. The van der Waals surface area contributed by atoms with E-state index in [4.69, 9.17) is 10.5 Å². The first kappa shape index (κ1) is 23.2. The maximum Gasteiger partial charge on any atom is 0.393 e. The lowest BCUT2D eigenvalue weighted by Crippen LogP contribution is -2.50. The first-order valence-electron chi connectivity index (χ1n) is 8.44. The van der Waals surface area contributed by atoms with Crippen molar-refractivity contribution in [1.29, 1.82) is 0 Å². The number of amides is 1. The fourth-order valence-corrected chi connectivity index (χ4v) is 2.84. The van der Waals surface area contributed by atoms with Gasteiger partial charge in [-0.3, -0.25) is 4.79 Å². The number of nitrogens with two attached hydrogens (primary N) is 1. The molecule has 1 aromatic rings. The minimum Gasteiger partial charge on any atom is -0.459 e. The molecule has 1 amide bonds. The fourth-order valence-electron chi connectivity index (χ4n) is 2.84. The van der Waals surface area contributed by atoms with Crippen molar-refractivity contribution in [2.24, 2.45) is 17.6 Å². The Labute approximate surface area is 162 Å². The van der Waals surface area contributed by atoms with Crippen molar-refractivity contribution in [2.75, 3.05) is 6.54 Å². The molecule has 3 atom stereocenters. The van der Waals surface area contributed by atoms with Crippen molar-refractivity contribution in [3.8, 4) is 0 Å². The number of hydrogen-bond acceptors (Lipinski definition) is 4. The van der Waals surface area contributed by atoms with Crippen LogP contribution in [0, 0.1) is 11.8 Å². The lowest BCUT2D eigenvalue weighted by atomic mass is 10.0. The Bertz CT molecular complexity index is 640. The highest BCUT2D eigenvalue weighted by atomic mass is 35.5. The molecule has 1 aliphatic rings. The van der Waals surface area contributed by atoms with E-state index in [2.05, 4.69) is 0 Å². The van der Waals surface area contributed by atoms with Gasteiger partial charge in [-0.05, 0) is 17.9 Å². The van der Waals surface area contributed by atoms with Crippen molar-refractivity contribution in [1.82, 2.24) is 4.90 Å². The molecule has 1 heterocycles. The average Bonchev–Trinajstić information content (AvgIpc) is 3.05. The van der Waals surface area contributed by atoms with E-state index in [-0.39, 0.29) is 24.9 Å². The van der Waals surface area contributed by atoms with Crippen LogP contribution in [0.15, 0.2) is 30.3 Å². The third kappa shape index (κ3) is 5.84. The molecule has 0 aliphatic carbocycles. The van der Waals surface area contributed by atoms with Crippen LogP contribution in [0.5, 0.6) is 0 Å². The second-order valence-corrected chi connectivity index (χ2v) is 6.84. The number of carbonyl (C=O) groups is 2. The molecule has 1 fully saturated rings. The molecule has 0 unspecified atom stereocenters. The van der Waals surface area contributed by atoms with Crippen LogP contribution in [0.25, 0.3) is 0 Å². The summed E-state index contributed by atoms with van der Waals surface area (Å²) >= 11 is 0. The maximum atomic E-state index is 13.1. The van der Waals surface area contributed by atoms with E-state index < -0.39 is 49.0 Å². The summed E-state index contributed by atoms with van der Waals surface area (Å²) in [5.41, 5.74) is 6.51. The van der Waals surface area contributed by atoms with Gasteiger partial charge in [-0.15, -0.1) is 12.4 Å². The first-order chi connectivity index (χ1) is 12.1. The highest BCUT2D eigenvalue weighted by molar-refractivity contribution is 5.88. The van der Waals surface area contributed by atoms with E-state index >= 15 is 0 Å². The molecule has 0 aromatic heterocycles. The summed E-state index contributed by atoms with van der Waals surface area (Å²) in [6.07, 6.45) is -5.00. The summed E-state index contributed by atoms with van der Waals surface area (Å²) < 4.78 is 44.5. The Balaban J connectivity index is 0.00000364. The topological polar surface area (TPSA) is 72.6 Å². The minimum atomic E-state index is -4.49. The third-order valence-corrected chi connectivity index (χ3v) is 4.55. The van der Waals surface area contributed by atoms with Crippen LogP contribution in [-0.4, -0.2) is 41.6 Å². The quantitative estimate of drug-likeness (QED) is 0.760. The molecule has 0 spiro atoms. The number of hydrogen-bond donors (Lipinski definition) is 1. The van der Waals surface area contributed by atoms with E-state index in [1.807, 2.05) is 0 Å². The van der Waals surface area contributed by atoms with Crippen LogP contribution in [0.3, 0.4) is 0 Å². The van der Waals surface area contributed by atoms with Crippen LogP contribution in [0.2, 0.25) is 0 Å². The lowest BCUT2D eigenvalue weighted by molar-refractivity contribution is -0.171. The van der Waals surface area contributed by atoms with Gasteiger partial charge in [0.2, 0.25) is 5.91 Å². The second-order valence-electron chi connectivity index (χ2n) is 6.84. The van der Waals surface area contributed by atoms with Gasteiger partial charge in [0.15, 0.2) is 0 Å². The van der Waals surface area contributed by atoms with Gasteiger partial charge in [-0.25, -0.2) is 4.79 Å². The van der Waals surface area contributed by atoms with Crippen LogP contribution >= 0.6 is 12.4 Å². The van der Waals surface area contributed by atoms with Crippen LogP contribution in [0.1, 0.15) is 25.8 Å². The first-order valence-corrected chi connectivity index (χ1v) is 8.44. The second kappa shape index (κ2) is 9.41. The molecule has 9 heteroatoms. The molecule has 1 saturated heterocycles. The van der Waals surface area contributed by atoms with Gasteiger partial charge in [-0.1, -0.05) is 44.2 Å². The molecule has 2 rings (SSSR count). The zero-order valence-corrected chi connectivity index (χ0v) is 15.9. The summed E-state index contributed by atoms with van der Waals surface area (Å²) in [4.78, 5) is 25.8. The van der Waals surface area contributed by atoms with E-state index in [0.29, 0.717) is 5.56 Å². The van der Waals surface area contributed by atoms with Crippen molar-refractivity contribution in [3.05, 3.63) is 35.9 Å². The number of ether oxygens (including phenoxy) is 1. The smallest absolute Gasteiger partial charge is 0.393 e. The van der Waals surface area contributed by atoms with Gasteiger partial charge in [0.1, 0.15) is 12.6 Å². The molecular formula is C18H24ClF3N2O3. The fraction of sp³-hybridized carbons (Fsp3) is 0.556. The zero-order valence-electron chi connectivity index (χ0n) is 15.1. The third-order valence-electron chi connectivity index (χ3n) is 4.55. The molecular weight excluding hydrogens is 385 g/mol. The van der Waals surface area contributed by atoms with E-state index in [0.717, 1.165) is 4.90 Å². The number of benzene rings is 1. The molecule has 27 heavy (non-hydrogen) atoms. The predicted molar refractivity (Wildman–Crippen MR) is 96.0 cm³/mol. The lowest BCUT2D eigenvalue weighted by Gasteiger charge is -2.27. The molecule has 2 N–H and O–H groups in total. The zero-order chi connectivity index (χ0) is 19.5. The highest BCUT2D eigenvalue weighted by Crippen LogP contribution is 2.37. The number of rotatable bonds is 5. The van der Waals surface area contributed by atoms with Gasteiger partial charge in [0, 0.05) is 6.54 Å². The van der Waals surface area contributed by atoms with Gasteiger partial charge < -0.3 is 15.4 Å². The normalized spacial score (nSPS) is 20.9. The van der Waals surface area contributed by atoms with Crippen molar-refractivity contribution in [2.45, 2.75) is 45.1 Å². The molecule has 0 bridgehead atoms. The van der Waals surface area contributed by atoms with E-state index in [1.54, 1.807) is 44.2 Å². The number of halogens is 4. The van der Waals surface area contributed by atoms with Crippen LogP contribution < -0.4 is 5.73 Å². The van der Waals surface area contributed by atoms with Crippen molar-refractivity contribution >= 4 is 24.3 Å².